The van der Waals surface area contributed by atoms with E-state index in [1.165, 1.54) is 25.7 Å². The van der Waals surface area contributed by atoms with Crippen molar-refractivity contribution in [3.05, 3.63) is 24.2 Å². The van der Waals surface area contributed by atoms with E-state index in [0.717, 1.165) is 24.8 Å². The smallest absolute Gasteiger partial charge is 0.133 e. The summed E-state index contributed by atoms with van der Waals surface area (Å²) in [6.45, 7) is 4.20. The molecule has 2 fully saturated rings. The molecule has 1 saturated carbocycles. The Balaban J connectivity index is 1.71. The molecule has 1 spiro atoms. The monoisotopic (exact) mass is 235 g/mol. The van der Waals surface area contributed by atoms with Crippen LogP contribution < -0.4 is 5.32 Å². The number of nitrogens with one attached hydrogen (secondary N) is 1. The van der Waals surface area contributed by atoms with Gasteiger partial charge in [0, 0.05) is 13.1 Å². The van der Waals surface area contributed by atoms with Crippen LogP contribution in [0.2, 0.25) is 0 Å². The highest BCUT2D eigenvalue weighted by molar-refractivity contribution is 5.06. The quantitative estimate of drug-likeness (QED) is 0.812. The van der Waals surface area contributed by atoms with E-state index in [9.17, 15) is 0 Å². The Morgan fingerprint density at radius 3 is 2.88 bits per heavy atom. The van der Waals surface area contributed by atoms with Gasteiger partial charge in [-0.15, -0.1) is 0 Å². The van der Waals surface area contributed by atoms with Crippen LogP contribution >= 0.6 is 0 Å². The molecule has 2 heterocycles. The van der Waals surface area contributed by atoms with Crippen molar-refractivity contribution in [1.29, 1.82) is 0 Å². The van der Waals surface area contributed by atoms with E-state index in [1.54, 1.807) is 6.26 Å². The van der Waals surface area contributed by atoms with Gasteiger partial charge in [0.2, 0.25) is 0 Å². The van der Waals surface area contributed by atoms with Crippen molar-refractivity contribution >= 4 is 0 Å². The van der Waals surface area contributed by atoms with Crippen molar-refractivity contribution in [2.75, 3.05) is 13.1 Å². The minimum absolute atomic E-state index is 0.0578. The zero-order valence-electron chi connectivity index (χ0n) is 10.4. The summed E-state index contributed by atoms with van der Waals surface area (Å²) in [6.07, 6.45) is 6.74. The van der Waals surface area contributed by atoms with Gasteiger partial charge in [0.1, 0.15) is 11.9 Å². The summed E-state index contributed by atoms with van der Waals surface area (Å²) in [6, 6.07) is 3.94. The second kappa shape index (κ2) is 4.46. The molecule has 1 N–H and O–H groups in total. The minimum atomic E-state index is 0.0578. The topological polar surface area (TPSA) is 34.4 Å². The maximum Gasteiger partial charge on any atom is 0.133 e. The van der Waals surface area contributed by atoms with E-state index in [4.69, 9.17) is 9.15 Å². The zero-order valence-corrected chi connectivity index (χ0v) is 10.4. The van der Waals surface area contributed by atoms with E-state index in [0.29, 0.717) is 0 Å². The summed E-state index contributed by atoms with van der Waals surface area (Å²) in [5.41, 5.74) is 0.0578. The molecule has 2 aliphatic rings. The van der Waals surface area contributed by atoms with Gasteiger partial charge in [-0.25, -0.2) is 0 Å². The van der Waals surface area contributed by atoms with Crippen molar-refractivity contribution in [2.24, 2.45) is 5.92 Å². The third-order valence-corrected chi connectivity index (χ3v) is 4.22. The summed E-state index contributed by atoms with van der Waals surface area (Å²) in [5.74, 6) is 1.81. The highest BCUT2D eigenvalue weighted by Gasteiger charge is 2.40. The van der Waals surface area contributed by atoms with Crippen LogP contribution in [0.25, 0.3) is 0 Å². The van der Waals surface area contributed by atoms with Gasteiger partial charge >= 0.3 is 0 Å². The summed E-state index contributed by atoms with van der Waals surface area (Å²) in [5, 5.41) is 3.51. The average Bonchev–Trinajstić information content (AvgIpc) is 2.88. The third-order valence-electron chi connectivity index (χ3n) is 4.22. The molecule has 1 aliphatic carbocycles. The maximum absolute atomic E-state index is 6.35. The molecule has 3 rings (SSSR count). The Morgan fingerprint density at radius 1 is 1.35 bits per heavy atom. The maximum atomic E-state index is 6.35. The van der Waals surface area contributed by atoms with Gasteiger partial charge in [-0.05, 0) is 43.7 Å². The normalized spacial score (nSPS) is 38.4. The summed E-state index contributed by atoms with van der Waals surface area (Å²) in [7, 11) is 0. The van der Waals surface area contributed by atoms with E-state index in [-0.39, 0.29) is 11.7 Å². The van der Waals surface area contributed by atoms with Crippen molar-refractivity contribution in [3.63, 3.8) is 0 Å². The van der Waals surface area contributed by atoms with Crippen LogP contribution in [0, 0.1) is 5.92 Å². The molecule has 1 unspecified atom stereocenters. The van der Waals surface area contributed by atoms with E-state index in [1.807, 2.05) is 12.1 Å². The summed E-state index contributed by atoms with van der Waals surface area (Å²) in [4.78, 5) is 0. The molecule has 1 saturated heterocycles. The predicted octanol–water partition coefficient (Wildman–Crippen LogP) is 2.89. The lowest BCUT2D eigenvalue weighted by molar-refractivity contribution is -0.145. The zero-order chi connectivity index (χ0) is 11.7. The van der Waals surface area contributed by atoms with Gasteiger partial charge in [0.25, 0.3) is 0 Å². The highest BCUT2D eigenvalue weighted by Crippen LogP contribution is 2.39. The lowest BCUT2D eigenvalue weighted by Crippen LogP contribution is -2.52. The minimum Gasteiger partial charge on any atom is -0.467 e. The predicted molar refractivity (Wildman–Crippen MR) is 65.8 cm³/mol. The fraction of sp³-hybridized carbons (Fsp3) is 0.714. The van der Waals surface area contributed by atoms with Gasteiger partial charge in [-0.1, -0.05) is 6.92 Å². The number of hydrogen-bond donors (Lipinski definition) is 1. The van der Waals surface area contributed by atoms with Crippen LogP contribution in [0.3, 0.4) is 0 Å². The Bertz CT molecular complexity index is 352. The van der Waals surface area contributed by atoms with Crippen LogP contribution in [0.15, 0.2) is 22.8 Å². The first-order chi connectivity index (χ1) is 8.27. The molecule has 94 valence electrons. The number of ether oxygens (including phenoxy) is 1. The first-order valence-electron chi connectivity index (χ1n) is 6.69. The first kappa shape index (κ1) is 11.3. The average molecular weight is 235 g/mol. The molecule has 0 aromatic carbocycles. The molecule has 1 aromatic heterocycles. The van der Waals surface area contributed by atoms with Crippen LogP contribution in [0.5, 0.6) is 0 Å². The molecule has 0 bridgehead atoms. The largest absolute Gasteiger partial charge is 0.467 e. The highest BCUT2D eigenvalue weighted by atomic mass is 16.5. The standard InChI is InChI=1S/C14H21NO2/c1-11-4-6-14(7-5-11)10-15-9-13(17-14)12-3-2-8-16-12/h2-3,8,11,13,15H,4-7,9-10H2,1H3. The van der Waals surface area contributed by atoms with Crippen molar-refractivity contribution in [1.82, 2.24) is 5.32 Å². The van der Waals surface area contributed by atoms with Gasteiger partial charge in [0.05, 0.1) is 11.9 Å². The number of morpholine rings is 1. The fourth-order valence-electron chi connectivity index (χ4n) is 3.03. The number of furan rings is 1. The molecule has 1 aliphatic heterocycles. The van der Waals surface area contributed by atoms with Gasteiger partial charge in [0.15, 0.2) is 0 Å². The van der Waals surface area contributed by atoms with Crippen LogP contribution in [-0.4, -0.2) is 18.7 Å². The number of rotatable bonds is 1. The summed E-state index contributed by atoms with van der Waals surface area (Å²) >= 11 is 0. The molecule has 1 atom stereocenters. The van der Waals surface area contributed by atoms with E-state index >= 15 is 0 Å². The molecule has 17 heavy (non-hydrogen) atoms. The first-order valence-corrected chi connectivity index (χ1v) is 6.69. The SMILES string of the molecule is CC1CCC2(CC1)CNCC(c1ccco1)O2. The molecular formula is C14H21NO2. The second-order valence-corrected chi connectivity index (χ2v) is 5.62. The number of hydrogen-bond acceptors (Lipinski definition) is 3. The van der Waals surface area contributed by atoms with Gasteiger partial charge in [-0.2, -0.15) is 0 Å². The molecule has 3 heteroatoms. The van der Waals surface area contributed by atoms with E-state index < -0.39 is 0 Å². The van der Waals surface area contributed by atoms with Crippen LogP contribution in [-0.2, 0) is 4.74 Å². The summed E-state index contributed by atoms with van der Waals surface area (Å²) < 4.78 is 11.8. The lowest BCUT2D eigenvalue weighted by atomic mass is 9.78. The molecule has 0 amide bonds. The molecule has 1 aromatic rings. The van der Waals surface area contributed by atoms with Crippen LogP contribution in [0.1, 0.15) is 44.5 Å². The Labute approximate surface area is 103 Å². The van der Waals surface area contributed by atoms with Crippen LogP contribution in [0.4, 0.5) is 0 Å². The molecular weight excluding hydrogens is 214 g/mol. The van der Waals surface area contributed by atoms with Crippen molar-refractivity contribution < 1.29 is 9.15 Å². The molecule has 3 nitrogen and oxygen atoms in total. The second-order valence-electron chi connectivity index (χ2n) is 5.62. The van der Waals surface area contributed by atoms with Crippen molar-refractivity contribution in [2.45, 2.75) is 44.3 Å². The Morgan fingerprint density at radius 2 is 2.18 bits per heavy atom. The van der Waals surface area contributed by atoms with E-state index in [2.05, 4.69) is 12.2 Å². The van der Waals surface area contributed by atoms with Gasteiger partial charge in [-0.3, -0.25) is 0 Å². The lowest BCUT2D eigenvalue weighted by Gasteiger charge is -2.45. The Kier molecular flexibility index (Phi) is 2.97. The molecule has 0 radical (unpaired) electrons. The third kappa shape index (κ3) is 2.26. The van der Waals surface area contributed by atoms with Crippen molar-refractivity contribution in [3.8, 4) is 0 Å². The fourth-order valence-corrected chi connectivity index (χ4v) is 3.03. The van der Waals surface area contributed by atoms with Gasteiger partial charge < -0.3 is 14.5 Å². The Hall–Kier alpha value is -0.800.